The molecule has 1 amide bonds. The van der Waals surface area contributed by atoms with Gasteiger partial charge in [0, 0.05) is 12.1 Å². The van der Waals surface area contributed by atoms with Crippen molar-refractivity contribution < 1.29 is 31.8 Å². The van der Waals surface area contributed by atoms with Crippen LogP contribution in [0.25, 0.3) is 0 Å². The van der Waals surface area contributed by atoms with Crippen molar-refractivity contribution in [2.75, 3.05) is 6.54 Å². The van der Waals surface area contributed by atoms with Gasteiger partial charge < -0.3 is 14.8 Å². The number of hydrogen-bond acceptors (Lipinski definition) is 3. The molecule has 0 aliphatic carbocycles. The average molecular weight is 357 g/mol. The molecule has 2 aromatic carbocycles. The molecule has 0 aliphatic rings. The number of amides is 1. The van der Waals surface area contributed by atoms with Gasteiger partial charge in [0.2, 0.25) is 0 Å². The summed E-state index contributed by atoms with van der Waals surface area (Å²) >= 11 is 0. The van der Waals surface area contributed by atoms with Crippen LogP contribution in [-0.4, -0.2) is 25.7 Å². The summed E-state index contributed by atoms with van der Waals surface area (Å²) in [5.41, 5.74) is 1.14. The highest BCUT2D eigenvalue weighted by Crippen LogP contribution is 2.16. The van der Waals surface area contributed by atoms with Crippen molar-refractivity contribution in [3.63, 3.8) is 0 Å². The second-order valence-electron chi connectivity index (χ2n) is 4.93. The summed E-state index contributed by atoms with van der Waals surface area (Å²) in [6.07, 6.45) is 0.493. The molecule has 134 valence electrons. The fourth-order valence-corrected chi connectivity index (χ4v) is 2.05. The summed E-state index contributed by atoms with van der Waals surface area (Å²) in [6, 6.07) is 11.4. The molecule has 0 spiro atoms. The number of rotatable bonds is 8. The highest BCUT2D eigenvalue weighted by Gasteiger charge is 2.08. The van der Waals surface area contributed by atoms with E-state index in [0.29, 0.717) is 18.5 Å². The Morgan fingerprint density at radius 3 is 1.80 bits per heavy atom. The van der Waals surface area contributed by atoms with Crippen molar-refractivity contribution in [2.45, 2.75) is 19.6 Å². The summed E-state index contributed by atoms with van der Waals surface area (Å²) in [5.74, 6) is -0.326. The van der Waals surface area contributed by atoms with E-state index in [1.165, 1.54) is 36.4 Å². The number of benzene rings is 2. The predicted molar refractivity (Wildman–Crippen MR) is 82.2 cm³/mol. The van der Waals surface area contributed by atoms with Gasteiger partial charge in [-0.2, -0.15) is 17.6 Å². The van der Waals surface area contributed by atoms with E-state index in [1.807, 2.05) is 0 Å². The molecule has 0 heterocycles. The summed E-state index contributed by atoms with van der Waals surface area (Å²) in [4.78, 5) is 11.9. The van der Waals surface area contributed by atoms with E-state index in [1.54, 1.807) is 12.1 Å². The second kappa shape index (κ2) is 8.91. The Balaban J connectivity index is 1.80. The largest absolute Gasteiger partial charge is 0.435 e. The third-order valence-corrected chi connectivity index (χ3v) is 3.19. The fourth-order valence-electron chi connectivity index (χ4n) is 2.05. The van der Waals surface area contributed by atoms with Crippen LogP contribution in [0.2, 0.25) is 0 Å². The molecule has 0 saturated heterocycles. The third-order valence-electron chi connectivity index (χ3n) is 3.19. The van der Waals surface area contributed by atoms with E-state index in [0.717, 1.165) is 5.56 Å². The van der Waals surface area contributed by atoms with Crippen LogP contribution in [0.15, 0.2) is 48.5 Å². The standard InChI is InChI=1S/C17H15F4NO3/c18-16(19)24-13-5-1-11(2-6-13)9-10-22-15(23)12-3-7-14(8-4-12)25-17(20)21/h1-8,16-17H,9-10H2,(H,22,23). The Hall–Kier alpha value is -2.77. The lowest BCUT2D eigenvalue weighted by Gasteiger charge is -2.08. The molecule has 0 bridgehead atoms. The van der Waals surface area contributed by atoms with Crippen LogP contribution in [-0.2, 0) is 6.42 Å². The van der Waals surface area contributed by atoms with Crippen molar-refractivity contribution in [1.29, 1.82) is 0 Å². The number of halogens is 4. The SMILES string of the molecule is O=C(NCCc1ccc(OC(F)F)cc1)c1ccc(OC(F)F)cc1. The van der Waals surface area contributed by atoms with Gasteiger partial charge in [0.05, 0.1) is 0 Å². The molecule has 0 aromatic heterocycles. The zero-order valence-electron chi connectivity index (χ0n) is 12.9. The van der Waals surface area contributed by atoms with Gasteiger partial charge in [-0.15, -0.1) is 0 Å². The number of alkyl halides is 4. The minimum atomic E-state index is -2.92. The zero-order chi connectivity index (χ0) is 18.2. The Bertz CT molecular complexity index is 675. The van der Waals surface area contributed by atoms with Gasteiger partial charge in [-0.1, -0.05) is 12.1 Å². The molecule has 2 aromatic rings. The first-order valence-electron chi connectivity index (χ1n) is 7.31. The van der Waals surface area contributed by atoms with Crippen LogP contribution in [0, 0.1) is 0 Å². The molecule has 0 fully saturated rings. The molecule has 0 unspecified atom stereocenters. The summed E-state index contributed by atoms with van der Waals surface area (Å²) in [5, 5.41) is 2.68. The molecular weight excluding hydrogens is 342 g/mol. The molecule has 4 nitrogen and oxygen atoms in total. The van der Waals surface area contributed by atoms with E-state index >= 15 is 0 Å². The predicted octanol–water partition coefficient (Wildman–Crippen LogP) is 3.86. The maximum atomic E-state index is 12.0. The maximum Gasteiger partial charge on any atom is 0.387 e. The Morgan fingerprint density at radius 2 is 1.32 bits per heavy atom. The summed E-state index contributed by atoms with van der Waals surface area (Å²) in [7, 11) is 0. The van der Waals surface area contributed by atoms with Crippen molar-refractivity contribution in [1.82, 2.24) is 5.32 Å². The lowest BCUT2D eigenvalue weighted by atomic mass is 10.1. The fraction of sp³-hybridized carbons (Fsp3) is 0.235. The van der Waals surface area contributed by atoms with E-state index in [4.69, 9.17) is 0 Å². The molecule has 2 rings (SSSR count). The average Bonchev–Trinajstić information content (AvgIpc) is 2.56. The second-order valence-corrected chi connectivity index (χ2v) is 4.93. The molecule has 0 radical (unpaired) electrons. The van der Waals surface area contributed by atoms with Gasteiger partial charge in [-0.25, -0.2) is 0 Å². The lowest BCUT2D eigenvalue weighted by Crippen LogP contribution is -2.25. The van der Waals surface area contributed by atoms with Crippen LogP contribution in [0.1, 0.15) is 15.9 Å². The minimum absolute atomic E-state index is 0.0299. The monoisotopic (exact) mass is 357 g/mol. The van der Waals surface area contributed by atoms with E-state index in [9.17, 15) is 22.4 Å². The highest BCUT2D eigenvalue weighted by atomic mass is 19.3. The molecular formula is C17H15F4NO3. The van der Waals surface area contributed by atoms with E-state index < -0.39 is 13.2 Å². The Kier molecular flexibility index (Phi) is 6.62. The highest BCUT2D eigenvalue weighted by molar-refractivity contribution is 5.94. The number of nitrogens with one attached hydrogen (secondary N) is 1. The number of ether oxygens (including phenoxy) is 2. The van der Waals surface area contributed by atoms with Crippen LogP contribution < -0.4 is 14.8 Å². The minimum Gasteiger partial charge on any atom is -0.435 e. The number of carbonyl (C=O) groups is 1. The molecule has 0 atom stereocenters. The zero-order valence-corrected chi connectivity index (χ0v) is 12.9. The van der Waals surface area contributed by atoms with Gasteiger partial charge in [-0.05, 0) is 48.4 Å². The van der Waals surface area contributed by atoms with Gasteiger partial charge in [0.15, 0.2) is 0 Å². The Morgan fingerprint density at radius 1 is 0.840 bits per heavy atom. The number of carbonyl (C=O) groups excluding carboxylic acids is 1. The van der Waals surface area contributed by atoms with E-state index in [-0.39, 0.29) is 17.4 Å². The molecule has 0 saturated carbocycles. The van der Waals surface area contributed by atoms with Gasteiger partial charge in [0.25, 0.3) is 5.91 Å². The van der Waals surface area contributed by atoms with Crippen LogP contribution >= 0.6 is 0 Å². The normalized spacial score (nSPS) is 10.8. The topological polar surface area (TPSA) is 47.6 Å². The first kappa shape index (κ1) is 18.6. The van der Waals surface area contributed by atoms with Gasteiger partial charge in [0.1, 0.15) is 11.5 Å². The Labute approximate surface area is 141 Å². The molecule has 8 heteroatoms. The molecule has 25 heavy (non-hydrogen) atoms. The molecule has 0 aliphatic heterocycles. The van der Waals surface area contributed by atoms with Crippen molar-refractivity contribution in [3.05, 3.63) is 59.7 Å². The maximum absolute atomic E-state index is 12.0. The molecule has 1 N–H and O–H groups in total. The summed E-state index contributed by atoms with van der Waals surface area (Å²) < 4.78 is 56.6. The number of hydrogen-bond donors (Lipinski definition) is 1. The van der Waals surface area contributed by atoms with Gasteiger partial charge in [-0.3, -0.25) is 4.79 Å². The first-order valence-corrected chi connectivity index (χ1v) is 7.31. The van der Waals surface area contributed by atoms with Crippen LogP contribution in [0.3, 0.4) is 0 Å². The summed E-state index contributed by atoms with van der Waals surface area (Å²) in [6.45, 7) is -5.47. The van der Waals surface area contributed by atoms with Crippen molar-refractivity contribution in [2.24, 2.45) is 0 Å². The van der Waals surface area contributed by atoms with E-state index in [2.05, 4.69) is 14.8 Å². The van der Waals surface area contributed by atoms with Crippen molar-refractivity contribution >= 4 is 5.91 Å². The van der Waals surface area contributed by atoms with Crippen LogP contribution in [0.4, 0.5) is 17.6 Å². The van der Waals surface area contributed by atoms with Crippen LogP contribution in [0.5, 0.6) is 11.5 Å². The van der Waals surface area contributed by atoms with Gasteiger partial charge >= 0.3 is 13.2 Å². The third kappa shape index (κ3) is 6.33. The first-order chi connectivity index (χ1) is 11.9. The quantitative estimate of drug-likeness (QED) is 0.730. The van der Waals surface area contributed by atoms with Crippen molar-refractivity contribution in [3.8, 4) is 11.5 Å². The lowest BCUT2D eigenvalue weighted by molar-refractivity contribution is -0.0505. The smallest absolute Gasteiger partial charge is 0.387 e.